The summed E-state index contributed by atoms with van der Waals surface area (Å²) in [6, 6.07) is 6.07. The minimum Gasteiger partial charge on any atom is -0.343 e. The van der Waals surface area contributed by atoms with Crippen LogP contribution >= 0.6 is 11.3 Å². The maximum atomic E-state index is 13.6. The number of fused-ring (bicyclic) bond motifs is 3. The van der Waals surface area contributed by atoms with Gasteiger partial charge in [0, 0.05) is 18.3 Å². The number of piperidine rings is 1. The Labute approximate surface area is 209 Å². The van der Waals surface area contributed by atoms with E-state index in [-0.39, 0.29) is 23.9 Å². The largest absolute Gasteiger partial charge is 0.433 e. The molecule has 6 nitrogen and oxygen atoms in total. The zero-order chi connectivity index (χ0) is 26.1. The number of anilines is 1. The van der Waals surface area contributed by atoms with E-state index in [0.29, 0.717) is 31.0 Å². The summed E-state index contributed by atoms with van der Waals surface area (Å²) >= 11 is 1.38. The van der Waals surface area contributed by atoms with Crippen molar-refractivity contribution in [2.24, 2.45) is 5.92 Å². The molecule has 6 rings (SSSR count). The van der Waals surface area contributed by atoms with Crippen molar-refractivity contribution < 1.29 is 26.3 Å². The summed E-state index contributed by atoms with van der Waals surface area (Å²) in [5.41, 5.74) is -0.573. The molecule has 1 aliphatic carbocycles. The van der Waals surface area contributed by atoms with E-state index in [1.54, 1.807) is 23.7 Å². The number of hydrogen-bond acceptors (Lipinski definition) is 6. The first kappa shape index (κ1) is 23.9. The third-order valence-corrected chi connectivity index (χ3v) is 7.78. The summed E-state index contributed by atoms with van der Waals surface area (Å²) in [6.45, 7) is 0. The topological polar surface area (TPSA) is 63.9 Å². The molecule has 2 fully saturated rings. The van der Waals surface area contributed by atoms with Gasteiger partial charge in [0.1, 0.15) is 17.3 Å². The molecular weight excluding hydrogens is 520 g/mol. The molecule has 0 spiro atoms. The number of halogens is 6. The fourth-order valence-electron chi connectivity index (χ4n) is 5.48. The van der Waals surface area contributed by atoms with Crippen LogP contribution in [0.2, 0.25) is 0 Å². The van der Waals surface area contributed by atoms with Crippen LogP contribution in [0.3, 0.4) is 0 Å². The number of aromatic nitrogens is 4. The first-order valence-electron chi connectivity index (χ1n) is 11.4. The average molecular weight is 537 g/mol. The molecule has 1 aliphatic heterocycles. The summed E-state index contributed by atoms with van der Waals surface area (Å²) in [5, 5.41) is 0. The fourth-order valence-corrected chi connectivity index (χ4v) is 6.19. The monoisotopic (exact) mass is 537 g/mol. The Morgan fingerprint density at radius 1 is 0.946 bits per heavy atom. The van der Waals surface area contributed by atoms with Gasteiger partial charge in [0.25, 0.3) is 5.56 Å². The van der Waals surface area contributed by atoms with Gasteiger partial charge in [0.15, 0.2) is 0 Å². The number of pyridine rings is 1. The van der Waals surface area contributed by atoms with E-state index in [1.165, 1.54) is 33.1 Å². The summed E-state index contributed by atoms with van der Waals surface area (Å²) in [7, 11) is 0. The fraction of sp³-hybridized carbons (Fsp3) is 0.333. The molecule has 2 bridgehead atoms. The van der Waals surface area contributed by atoms with Crippen molar-refractivity contribution in [3.63, 3.8) is 0 Å². The summed E-state index contributed by atoms with van der Waals surface area (Å²) in [4.78, 5) is 26.9. The molecule has 0 unspecified atom stereocenters. The van der Waals surface area contributed by atoms with Crippen LogP contribution < -0.4 is 10.5 Å². The Hall–Kier alpha value is -3.48. The summed E-state index contributed by atoms with van der Waals surface area (Å²) in [5.74, 6) is -0.304. The molecule has 4 heterocycles. The van der Waals surface area contributed by atoms with Gasteiger partial charge in [-0.2, -0.15) is 26.3 Å². The third-order valence-electron chi connectivity index (χ3n) is 6.99. The Kier molecular flexibility index (Phi) is 5.34. The lowest BCUT2D eigenvalue weighted by atomic mass is 9.97. The van der Waals surface area contributed by atoms with Crippen LogP contribution in [0.25, 0.3) is 15.9 Å². The maximum absolute atomic E-state index is 13.6. The highest BCUT2D eigenvalue weighted by Crippen LogP contribution is 2.52. The SMILES string of the molecule is O=c1ccnc([C@@H]2[C@H]3CC[C@H](C3)N2c2cc(C(F)(F)F)cc(C(F)(F)F)n2)n1-c1ccc2ncsc2c1. The molecule has 0 radical (unpaired) electrons. The standard InChI is InChI=1S/C24H17F6N5OS/c25-23(26,27)13-8-18(24(28,29)30)33-19(9-13)34-14-2-1-12(7-14)21(34)22-31-6-5-20(36)35(22)15-3-4-16-17(10-15)37-11-32-16/h3-6,8-12,14,21H,1-2,7H2/t12-,14+,21-/m0/s1. The van der Waals surface area contributed by atoms with E-state index in [0.717, 1.165) is 10.2 Å². The van der Waals surface area contributed by atoms with E-state index in [4.69, 9.17) is 0 Å². The Morgan fingerprint density at radius 2 is 1.76 bits per heavy atom. The number of thiazole rings is 1. The molecule has 4 aromatic rings. The number of benzene rings is 1. The highest BCUT2D eigenvalue weighted by molar-refractivity contribution is 7.16. The molecule has 0 amide bonds. The smallest absolute Gasteiger partial charge is 0.343 e. The van der Waals surface area contributed by atoms with Crippen LogP contribution in [-0.2, 0) is 12.4 Å². The number of nitrogens with zero attached hydrogens (tertiary/aromatic N) is 5. The van der Waals surface area contributed by atoms with Gasteiger partial charge in [-0.15, -0.1) is 11.3 Å². The minimum absolute atomic E-state index is 0.0216. The van der Waals surface area contributed by atoms with Crippen molar-refractivity contribution in [2.75, 3.05) is 4.90 Å². The summed E-state index contributed by atoms with van der Waals surface area (Å²) < 4.78 is 83.7. The van der Waals surface area contributed by atoms with Crippen molar-refractivity contribution in [3.05, 3.63) is 75.5 Å². The van der Waals surface area contributed by atoms with Crippen molar-refractivity contribution in [3.8, 4) is 5.69 Å². The van der Waals surface area contributed by atoms with Gasteiger partial charge in [0.2, 0.25) is 0 Å². The number of rotatable bonds is 3. The number of alkyl halides is 6. The Balaban J connectivity index is 1.53. The normalized spacial score (nSPS) is 21.8. The van der Waals surface area contributed by atoms with Gasteiger partial charge in [0.05, 0.1) is 33.0 Å². The highest BCUT2D eigenvalue weighted by atomic mass is 32.1. The molecule has 13 heteroatoms. The second-order valence-corrected chi connectivity index (χ2v) is 10.0. The first-order chi connectivity index (χ1) is 17.5. The molecule has 3 atom stereocenters. The second kappa shape index (κ2) is 8.27. The van der Waals surface area contributed by atoms with Crippen molar-refractivity contribution in [2.45, 2.75) is 43.7 Å². The lowest BCUT2D eigenvalue weighted by molar-refractivity contribution is -0.145. The van der Waals surface area contributed by atoms with Gasteiger partial charge < -0.3 is 4.90 Å². The van der Waals surface area contributed by atoms with Crippen LogP contribution in [0.5, 0.6) is 0 Å². The van der Waals surface area contributed by atoms with Crippen LogP contribution in [0, 0.1) is 5.92 Å². The first-order valence-corrected chi connectivity index (χ1v) is 12.2. The molecule has 1 saturated heterocycles. The Bertz CT molecular complexity index is 1530. The maximum Gasteiger partial charge on any atom is 0.433 e. The van der Waals surface area contributed by atoms with Crippen LogP contribution in [0.1, 0.15) is 42.4 Å². The zero-order valence-corrected chi connectivity index (χ0v) is 19.6. The third kappa shape index (κ3) is 4.05. The van der Waals surface area contributed by atoms with E-state index in [2.05, 4.69) is 15.0 Å². The van der Waals surface area contributed by atoms with Crippen LogP contribution in [-0.4, -0.2) is 25.6 Å². The zero-order valence-electron chi connectivity index (χ0n) is 18.8. The predicted octanol–water partition coefficient (Wildman–Crippen LogP) is 6.00. The molecule has 3 aromatic heterocycles. The van der Waals surface area contributed by atoms with Crippen molar-refractivity contribution in [1.82, 2.24) is 19.5 Å². The lowest BCUT2D eigenvalue weighted by Crippen LogP contribution is -2.39. The minimum atomic E-state index is -5.07. The van der Waals surface area contributed by atoms with Crippen molar-refractivity contribution >= 4 is 27.4 Å². The van der Waals surface area contributed by atoms with Gasteiger partial charge in [-0.3, -0.25) is 9.36 Å². The van der Waals surface area contributed by atoms with Gasteiger partial charge >= 0.3 is 12.4 Å². The van der Waals surface area contributed by atoms with E-state index in [1.807, 2.05) is 0 Å². The van der Waals surface area contributed by atoms with Gasteiger partial charge in [-0.1, -0.05) is 0 Å². The molecular formula is C24H17F6N5OS. The van der Waals surface area contributed by atoms with Crippen molar-refractivity contribution in [1.29, 1.82) is 0 Å². The second-order valence-electron chi connectivity index (χ2n) is 9.15. The van der Waals surface area contributed by atoms with E-state index >= 15 is 0 Å². The van der Waals surface area contributed by atoms with E-state index in [9.17, 15) is 31.1 Å². The molecule has 0 N–H and O–H groups in total. The highest BCUT2D eigenvalue weighted by Gasteiger charge is 2.50. The number of hydrogen-bond donors (Lipinski definition) is 0. The van der Waals surface area contributed by atoms with Gasteiger partial charge in [-0.25, -0.2) is 15.0 Å². The van der Waals surface area contributed by atoms with Gasteiger partial charge in [-0.05, 0) is 55.5 Å². The molecule has 1 aromatic carbocycles. The quantitative estimate of drug-likeness (QED) is 0.300. The molecule has 37 heavy (non-hydrogen) atoms. The Morgan fingerprint density at radius 3 is 2.51 bits per heavy atom. The molecule has 1 saturated carbocycles. The lowest BCUT2D eigenvalue weighted by Gasteiger charge is -2.37. The molecule has 2 aliphatic rings. The molecule has 192 valence electrons. The predicted molar refractivity (Wildman–Crippen MR) is 124 cm³/mol. The summed E-state index contributed by atoms with van der Waals surface area (Å²) in [6.07, 6.45) is -6.92. The van der Waals surface area contributed by atoms with E-state index < -0.39 is 41.0 Å². The average Bonchev–Trinajstić information content (AvgIpc) is 3.58. The van der Waals surface area contributed by atoms with Crippen LogP contribution in [0.4, 0.5) is 32.2 Å². The van der Waals surface area contributed by atoms with Crippen LogP contribution in [0.15, 0.2) is 52.9 Å².